The normalized spacial score (nSPS) is 7.24. The van der Waals surface area contributed by atoms with Gasteiger partial charge in [0.15, 0.2) is 0 Å². The molecule has 0 aliphatic heterocycles. The molecule has 0 spiro atoms. The van der Waals surface area contributed by atoms with Crippen LogP contribution in [0, 0.1) is 0 Å². The van der Waals surface area contributed by atoms with Gasteiger partial charge in [-0.05, 0) is 61.3 Å². The molecule has 0 nitrogen and oxygen atoms in total. The maximum Gasteiger partial charge on any atom is -0.0379 e. The van der Waals surface area contributed by atoms with Crippen molar-refractivity contribution >= 4 is 0 Å². The van der Waals surface area contributed by atoms with E-state index in [0.717, 1.165) is 12.8 Å². The van der Waals surface area contributed by atoms with Gasteiger partial charge in [-0.25, -0.2) is 0 Å². The molecular weight excluding hydrogens is 300 g/mol. The molecule has 0 saturated heterocycles. The lowest BCUT2D eigenvalue weighted by Crippen LogP contribution is -1.43. The van der Waals surface area contributed by atoms with Gasteiger partial charge >= 0.3 is 0 Å². The fraction of sp³-hybridized carbons (Fsp3) is 0.440. The molecule has 0 rings (SSSR count). The first-order valence-electron chi connectivity index (χ1n) is 9.00. The Bertz CT molecular complexity index is 215. The van der Waals surface area contributed by atoms with Crippen LogP contribution in [-0.4, -0.2) is 0 Å². The summed E-state index contributed by atoms with van der Waals surface area (Å²) < 4.78 is 0. The Kier molecular flexibility index (Phi) is 206. The largest absolute Gasteiger partial charge is 0.106 e. The number of hydrogen-bond donors (Lipinski definition) is 0. The van der Waals surface area contributed by atoms with Crippen molar-refractivity contribution in [2.75, 3.05) is 0 Å². The van der Waals surface area contributed by atoms with Crippen LogP contribution in [0.2, 0.25) is 0 Å². The molecule has 0 amide bonds. The van der Waals surface area contributed by atoms with E-state index in [-0.39, 0.29) is 0 Å². The van der Waals surface area contributed by atoms with Gasteiger partial charge in [-0.15, -0.1) is 32.9 Å². The Morgan fingerprint density at radius 1 is 0.520 bits per heavy atom. The fourth-order valence-corrected chi connectivity index (χ4v) is 0.236. The lowest BCUT2D eigenvalue weighted by atomic mass is 10.4. The van der Waals surface area contributed by atoms with Gasteiger partial charge in [-0.3, -0.25) is 0 Å². The van der Waals surface area contributed by atoms with Crippen LogP contribution in [0.5, 0.6) is 0 Å². The summed E-state index contributed by atoms with van der Waals surface area (Å²) in [6.45, 7) is 34.2. The standard InChI is InChI=1S/C5H10.3C4H8.2C3H6.C2H4/c1-3-5-4-2;3*1-3-4-2;2*1-3-2;1-2/h3,5H,4H2,1-2H3;2*3-4H,1-2H3;3H,1,4H2,2H3;2*3H,1H2,2H3;1-2H2/b5-3+;2*4-3+;;;;. The van der Waals surface area contributed by atoms with Gasteiger partial charge in [0.25, 0.3) is 0 Å². The second-order valence-corrected chi connectivity index (χ2v) is 3.82. The van der Waals surface area contributed by atoms with Crippen LogP contribution in [-0.2, 0) is 0 Å². The number of allylic oxidation sites excluding steroid dienone is 9. The summed E-state index contributed by atoms with van der Waals surface area (Å²) in [5.74, 6) is 0. The van der Waals surface area contributed by atoms with E-state index in [4.69, 9.17) is 0 Å². The zero-order valence-corrected chi connectivity index (χ0v) is 19.1. The average Bonchev–Trinajstić information content (AvgIpc) is 2.66. The van der Waals surface area contributed by atoms with Crippen LogP contribution in [0.25, 0.3) is 0 Å². The minimum atomic E-state index is 1.08. The van der Waals surface area contributed by atoms with E-state index < -0.39 is 0 Å². The van der Waals surface area contributed by atoms with Crippen LogP contribution in [0.3, 0.4) is 0 Å². The third-order valence-corrected chi connectivity index (χ3v) is 1.43. The van der Waals surface area contributed by atoms with Crippen molar-refractivity contribution in [3.8, 4) is 0 Å². The Morgan fingerprint density at radius 3 is 0.720 bits per heavy atom. The lowest BCUT2D eigenvalue weighted by Gasteiger charge is -1.65. The highest BCUT2D eigenvalue weighted by Gasteiger charge is 1.52. The highest BCUT2D eigenvalue weighted by Crippen LogP contribution is 1.73. The van der Waals surface area contributed by atoms with Crippen LogP contribution in [0.15, 0.2) is 87.6 Å². The third kappa shape index (κ3) is 893. The van der Waals surface area contributed by atoms with Crippen LogP contribution < -0.4 is 0 Å². The van der Waals surface area contributed by atoms with Crippen molar-refractivity contribution in [3.63, 3.8) is 0 Å². The van der Waals surface area contributed by atoms with E-state index in [0.29, 0.717) is 0 Å². The van der Waals surface area contributed by atoms with Gasteiger partial charge < -0.3 is 0 Å². The molecule has 0 N–H and O–H groups in total. The van der Waals surface area contributed by atoms with E-state index >= 15 is 0 Å². The first kappa shape index (κ1) is 43.6. The van der Waals surface area contributed by atoms with E-state index in [2.05, 4.69) is 58.9 Å². The molecule has 0 heteroatoms. The van der Waals surface area contributed by atoms with Gasteiger partial charge in [-0.2, -0.15) is 0 Å². The van der Waals surface area contributed by atoms with Crippen molar-refractivity contribution < 1.29 is 0 Å². The van der Waals surface area contributed by atoms with Crippen molar-refractivity contribution in [2.45, 2.75) is 75.2 Å². The second kappa shape index (κ2) is 118. The minimum Gasteiger partial charge on any atom is -0.106 e. The maximum absolute atomic E-state index is 3.48. The molecule has 0 saturated carbocycles. The van der Waals surface area contributed by atoms with Crippen LogP contribution in [0.1, 0.15) is 75.2 Å². The molecule has 0 aliphatic carbocycles. The fourth-order valence-electron chi connectivity index (χ4n) is 0.236. The summed E-state index contributed by atoms with van der Waals surface area (Å²) >= 11 is 0. The average molecular weight is 351 g/mol. The van der Waals surface area contributed by atoms with Crippen LogP contribution >= 0.6 is 0 Å². The summed E-state index contributed by atoms with van der Waals surface area (Å²) in [4.78, 5) is 0. The summed E-state index contributed by atoms with van der Waals surface area (Å²) in [7, 11) is 0. The molecule has 0 atom stereocenters. The predicted octanol–water partition coefficient (Wildman–Crippen LogP) is 9.91. The molecule has 25 heavy (non-hydrogen) atoms. The second-order valence-electron chi connectivity index (χ2n) is 3.82. The van der Waals surface area contributed by atoms with Crippen molar-refractivity contribution in [1.29, 1.82) is 0 Å². The van der Waals surface area contributed by atoms with E-state index in [9.17, 15) is 0 Å². The monoisotopic (exact) mass is 350 g/mol. The van der Waals surface area contributed by atoms with E-state index in [1.54, 1.807) is 12.2 Å². The summed E-state index contributed by atoms with van der Waals surface area (Å²) in [5, 5.41) is 0. The lowest BCUT2D eigenvalue weighted by molar-refractivity contribution is 1.22. The molecule has 0 aliphatic rings. The first-order chi connectivity index (χ1) is 12.0. The third-order valence-electron chi connectivity index (χ3n) is 1.43. The highest BCUT2D eigenvalue weighted by molar-refractivity contribution is 4.73. The Labute approximate surface area is 163 Å². The van der Waals surface area contributed by atoms with Gasteiger partial charge in [-0.1, -0.05) is 68.5 Å². The molecule has 0 unspecified atom stereocenters. The molecule has 0 bridgehead atoms. The van der Waals surface area contributed by atoms with Gasteiger partial charge in [0.05, 0.1) is 0 Å². The smallest absolute Gasteiger partial charge is 0.0379 e. The molecule has 0 radical (unpaired) electrons. The van der Waals surface area contributed by atoms with Gasteiger partial charge in [0.2, 0.25) is 0 Å². The van der Waals surface area contributed by atoms with Gasteiger partial charge in [0, 0.05) is 0 Å². The zero-order chi connectivity index (χ0) is 21.8. The zero-order valence-electron chi connectivity index (χ0n) is 19.1. The Hall–Kier alpha value is -1.82. The quantitative estimate of drug-likeness (QED) is 0.434. The molecule has 0 aromatic rings. The maximum atomic E-state index is 3.48. The van der Waals surface area contributed by atoms with Crippen molar-refractivity contribution in [2.24, 2.45) is 0 Å². The number of rotatable bonds is 2. The molecule has 0 aromatic heterocycles. The van der Waals surface area contributed by atoms with Crippen LogP contribution in [0.4, 0.5) is 0 Å². The van der Waals surface area contributed by atoms with Gasteiger partial charge in [0.1, 0.15) is 0 Å². The topological polar surface area (TPSA) is 0 Å². The SMILES string of the molecule is C/C=C/C.C/C=C/C.C/C=C/CC.C=C.C=CC.C=CC.C=CCC. The summed E-state index contributed by atoms with van der Waals surface area (Å²) in [5.41, 5.74) is 0. The predicted molar refractivity (Wildman–Crippen MR) is 130 cm³/mol. The molecule has 0 fully saturated rings. The first-order valence-corrected chi connectivity index (χ1v) is 9.00. The van der Waals surface area contributed by atoms with Crippen molar-refractivity contribution in [3.05, 3.63) is 87.6 Å². The summed E-state index contributed by atoms with van der Waals surface area (Å²) in [6, 6.07) is 0. The molecular formula is C25H50. The Morgan fingerprint density at radius 2 is 0.720 bits per heavy atom. The molecule has 150 valence electrons. The summed E-state index contributed by atoms with van der Waals surface area (Å²) in [6.07, 6.45) is 19.8. The van der Waals surface area contributed by atoms with E-state index in [1.165, 1.54) is 0 Å². The number of hydrogen-bond acceptors (Lipinski definition) is 0. The van der Waals surface area contributed by atoms with E-state index in [1.807, 2.05) is 78.8 Å². The Balaban J connectivity index is -0.0000000307. The highest BCUT2D eigenvalue weighted by atomic mass is 13.6. The molecule has 0 aromatic carbocycles. The molecule has 0 heterocycles. The minimum absolute atomic E-state index is 1.08. The van der Waals surface area contributed by atoms with Crippen molar-refractivity contribution in [1.82, 2.24) is 0 Å².